The van der Waals surface area contributed by atoms with E-state index in [2.05, 4.69) is 19.9 Å². The van der Waals surface area contributed by atoms with Gasteiger partial charge in [-0.1, -0.05) is 6.07 Å². The van der Waals surface area contributed by atoms with Crippen molar-refractivity contribution in [1.29, 1.82) is 0 Å². The number of benzene rings is 1. The second-order valence-corrected chi connectivity index (χ2v) is 4.04. The van der Waals surface area contributed by atoms with Crippen molar-refractivity contribution in [3.8, 4) is 17.4 Å². The van der Waals surface area contributed by atoms with Crippen molar-refractivity contribution in [2.75, 3.05) is 7.11 Å². The summed E-state index contributed by atoms with van der Waals surface area (Å²) in [5, 5.41) is 0. The predicted octanol–water partition coefficient (Wildman–Crippen LogP) is 2.46. The zero-order valence-corrected chi connectivity index (χ0v) is 10.5. The maximum atomic E-state index is 5.78. The smallest absolute Gasteiger partial charge is 0.248 e. The number of imidazole rings is 1. The zero-order valence-electron chi connectivity index (χ0n) is 10.5. The van der Waals surface area contributed by atoms with Crippen molar-refractivity contribution in [2.24, 2.45) is 0 Å². The molecule has 96 valence electrons. The minimum atomic E-state index is 0.421. The Bertz CT molecular complexity index is 723. The lowest BCUT2D eigenvalue weighted by Crippen LogP contribution is -1.94. The number of nitrogens with one attached hydrogen (secondary N) is 1. The molecule has 0 unspecified atom stereocenters. The molecule has 0 fully saturated rings. The number of methoxy groups -OCH3 is 1. The molecule has 0 saturated heterocycles. The summed E-state index contributed by atoms with van der Waals surface area (Å²) < 4.78 is 11.1. The Kier molecular flexibility index (Phi) is 2.75. The Morgan fingerprint density at radius 1 is 1.11 bits per heavy atom. The van der Waals surface area contributed by atoms with Gasteiger partial charge < -0.3 is 14.5 Å². The molecule has 3 rings (SSSR count). The summed E-state index contributed by atoms with van der Waals surface area (Å²) in [5.74, 6) is 1.68. The quantitative estimate of drug-likeness (QED) is 0.779. The number of hydrogen-bond donors (Lipinski definition) is 1. The van der Waals surface area contributed by atoms with Gasteiger partial charge in [0.2, 0.25) is 5.88 Å². The Hall–Kier alpha value is -2.63. The average molecular weight is 256 g/mol. The molecule has 0 aliphatic carbocycles. The van der Waals surface area contributed by atoms with Crippen LogP contribution in [0.1, 0.15) is 5.56 Å². The lowest BCUT2D eigenvalue weighted by Gasteiger charge is -2.10. The van der Waals surface area contributed by atoms with E-state index in [-0.39, 0.29) is 0 Å². The lowest BCUT2D eigenvalue weighted by molar-refractivity contribution is 0.375. The number of fused-ring (bicyclic) bond motifs is 1. The average Bonchev–Trinajstić information content (AvgIpc) is 2.90. The number of ether oxygens (including phenoxy) is 2. The number of hydrogen-bond acceptors (Lipinski definition) is 5. The third kappa shape index (κ3) is 2.08. The van der Waals surface area contributed by atoms with E-state index in [9.17, 15) is 0 Å². The van der Waals surface area contributed by atoms with Gasteiger partial charge in [-0.05, 0) is 24.6 Å². The highest BCUT2D eigenvalue weighted by atomic mass is 16.5. The van der Waals surface area contributed by atoms with Crippen LogP contribution in [-0.4, -0.2) is 27.0 Å². The molecule has 6 nitrogen and oxygen atoms in total. The highest BCUT2D eigenvalue weighted by Crippen LogP contribution is 2.32. The molecule has 0 spiro atoms. The van der Waals surface area contributed by atoms with Gasteiger partial charge in [0.05, 0.1) is 13.4 Å². The molecule has 19 heavy (non-hydrogen) atoms. The van der Waals surface area contributed by atoms with Crippen LogP contribution in [0.15, 0.2) is 30.9 Å². The molecule has 0 atom stereocenters. The normalized spacial score (nSPS) is 10.6. The number of nitrogens with zero attached hydrogens (tertiary/aromatic N) is 3. The predicted molar refractivity (Wildman–Crippen MR) is 69.5 cm³/mol. The van der Waals surface area contributed by atoms with Crippen molar-refractivity contribution in [3.05, 3.63) is 36.4 Å². The van der Waals surface area contributed by atoms with Crippen molar-refractivity contribution in [2.45, 2.75) is 6.92 Å². The van der Waals surface area contributed by atoms with Gasteiger partial charge in [0.15, 0.2) is 17.1 Å². The first kappa shape index (κ1) is 11.5. The Balaban J connectivity index is 2.03. The number of rotatable bonds is 3. The van der Waals surface area contributed by atoms with Crippen LogP contribution in [0.5, 0.6) is 17.4 Å². The van der Waals surface area contributed by atoms with E-state index in [4.69, 9.17) is 9.47 Å². The van der Waals surface area contributed by atoms with Crippen LogP contribution in [0, 0.1) is 6.92 Å². The molecular weight excluding hydrogens is 244 g/mol. The summed E-state index contributed by atoms with van der Waals surface area (Å²) in [4.78, 5) is 15.2. The van der Waals surface area contributed by atoms with Crippen LogP contribution in [0.25, 0.3) is 11.2 Å². The minimum absolute atomic E-state index is 0.421. The largest absolute Gasteiger partial charge is 0.493 e. The number of H-pyrrole nitrogens is 1. The minimum Gasteiger partial charge on any atom is -0.493 e. The van der Waals surface area contributed by atoms with Gasteiger partial charge in [-0.2, -0.15) is 4.98 Å². The maximum Gasteiger partial charge on any atom is 0.248 e. The first-order valence-corrected chi connectivity index (χ1v) is 5.74. The maximum absolute atomic E-state index is 5.78. The molecule has 0 amide bonds. The first-order valence-electron chi connectivity index (χ1n) is 5.74. The zero-order chi connectivity index (χ0) is 13.2. The topological polar surface area (TPSA) is 72.9 Å². The number of aromatic amines is 1. The van der Waals surface area contributed by atoms with Crippen LogP contribution in [-0.2, 0) is 0 Å². The molecule has 2 heterocycles. The Morgan fingerprint density at radius 3 is 2.84 bits per heavy atom. The van der Waals surface area contributed by atoms with E-state index in [1.165, 1.54) is 6.33 Å². The van der Waals surface area contributed by atoms with Crippen LogP contribution in [0.4, 0.5) is 0 Å². The van der Waals surface area contributed by atoms with Crippen LogP contribution in [0.2, 0.25) is 0 Å². The highest BCUT2D eigenvalue weighted by molar-refractivity contribution is 5.75. The highest BCUT2D eigenvalue weighted by Gasteiger charge is 2.11. The number of aromatic nitrogens is 4. The molecule has 0 saturated carbocycles. The van der Waals surface area contributed by atoms with Crippen LogP contribution < -0.4 is 9.47 Å². The van der Waals surface area contributed by atoms with E-state index in [0.717, 1.165) is 5.56 Å². The molecule has 1 aromatic carbocycles. The van der Waals surface area contributed by atoms with Crippen molar-refractivity contribution < 1.29 is 9.47 Å². The SMILES string of the molecule is COc1cc(C)ccc1Oc1ncnc2nc[nH]c12. The van der Waals surface area contributed by atoms with Gasteiger partial charge in [-0.15, -0.1) is 0 Å². The third-order valence-electron chi connectivity index (χ3n) is 2.71. The van der Waals surface area contributed by atoms with Gasteiger partial charge in [0.1, 0.15) is 11.8 Å². The summed E-state index contributed by atoms with van der Waals surface area (Å²) in [6.07, 6.45) is 2.97. The summed E-state index contributed by atoms with van der Waals surface area (Å²) in [7, 11) is 1.60. The van der Waals surface area contributed by atoms with Gasteiger partial charge >= 0.3 is 0 Å². The monoisotopic (exact) mass is 256 g/mol. The Labute approximate surface area is 109 Å². The lowest BCUT2D eigenvalue weighted by atomic mass is 10.2. The van der Waals surface area contributed by atoms with E-state index >= 15 is 0 Å². The molecule has 3 aromatic rings. The van der Waals surface area contributed by atoms with Gasteiger partial charge in [0.25, 0.3) is 0 Å². The standard InChI is InChI=1S/C13H12N4O2/c1-8-3-4-9(10(5-8)18-2)19-13-11-12(15-6-14-11)16-7-17-13/h3-7H,1-2H3,(H,14,15,16,17). The second kappa shape index (κ2) is 4.56. The fourth-order valence-corrected chi connectivity index (χ4v) is 1.78. The summed E-state index contributed by atoms with van der Waals surface area (Å²) in [6.45, 7) is 1.99. The number of aryl methyl sites for hydroxylation is 1. The molecular formula is C13H12N4O2. The molecule has 2 aromatic heterocycles. The van der Waals surface area contributed by atoms with Crippen molar-refractivity contribution in [3.63, 3.8) is 0 Å². The fourth-order valence-electron chi connectivity index (χ4n) is 1.78. The molecule has 0 aliphatic heterocycles. The second-order valence-electron chi connectivity index (χ2n) is 4.04. The van der Waals surface area contributed by atoms with E-state index in [0.29, 0.717) is 28.5 Å². The Morgan fingerprint density at radius 2 is 2.00 bits per heavy atom. The van der Waals surface area contributed by atoms with Gasteiger partial charge in [-0.25, -0.2) is 9.97 Å². The molecule has 1 N–H and O–H groups in total. The van der Waals surface area contributed by atoms with Crippen molar-refractivity contribution >= 4 is 11.2 Å². The molecule has 0 aliphatic rings. The summed E-state index contributed by atoms with van der Waals surface area (Å²) in [6, 6.07) is 5.70. The van der Waals surface area contributed by atoms with Gasteiger partial charge in [-0.3, -0.25) is 0 Å². The summed E-state index contributed by atoms with van der Waals surface area (Å²) in [5.41, 5.74) is 2.32. The van der Waals surface area contributed by atoms with E-state index < -0.39 is 0 Å². The van der Waals surface area contributed by atoms with Crippen LogP contribution in [0.3, 0.4) is 0 Å². The fraction of sp³-hybridized carbons (Fsp3) is 0.154. The summed E-state index contributed by atoms with van der Waals surface area (Å²) >= 11 is 0. The van der Waals surface area contributed by atoms with Gasteiger partial charge in [0, 0.05) is 0 Å². The van der Waals surface area contributed by atoms with Crippen LogP contribution >= 0.6 is 0 Å². The molecule has 0 radical (unpaired) electrons. The molecule has 0 bridgehead atoms. The van der Waals surface area contributed by atoms with E-state index in [1.54, 1.807) is 13.4 Å². The third-order valence-corrected chi connectivity index (χ3v) is 2.71. The van der Waals surface area contributed by atoms with Crippen molar-refractivity contribution in [1.82, 2.24) is 19.9 Å². The molecule has 6 heteroatoms. The first-order chi connectivity index (χ1) is 9.28. The van der Waals surface area contributed by atoms with E-state index in [1.807, 2.05) is 25.1 Å².